The van der Waals surface area contributed by atoms with Crippen molar-refractivity contribution in [3.8, 4) is 22.4 Å². The van der Waals surface area contributed by atoms with Crippen LogP contribution in [0.5, 0.6) is 0 Å². The maximum Gasteiger partial charge on any atom is 0.407 e. The summed E-state index contributed by atoms with van der Waals surface area (Å²) in [6.07, 6.45) is -3.13. The van der Waals surface area contributed by atoms with Crippen LogP contribution in [0.25, 0.3) is 22.4 Å². The summed E-state index contributed by atoms with van der Waals surface area (Å²) in [7, 11) is 4.08. The number of aliphatic hydroxyl groups excluding tert-OH is 2. The number of alkyl carbamates (subject to hydrolysis) is 1. The van der Waals surface area contributed by atoms with Crippen molar-refractivity contribution < 1.29 is 62.3 Å². The highest BCUT2D eigenvalue weighted by Gasteiger charge is 2.40. The summed E-state index contributed by atoms with van der Waals surface area (Å²) in [5.41, 5.74) is 6.28. The Hall–Kier alpha value is -6.61. The molecule has 16 nitrogen and oxygen atoms in total. The molecule has 0 radical (unpaired) electrons. The lowest BCUT2D eigenvalue weighted by Gasteiger charge is -2.31. The second kappa shape index (κ2) is 30.5. The average Bonchev–Trinajstić information content (AvgIpc) is 3.89. The van der Waals surface area contributed by atoms with Crippen LogP contribution in [0.3, 0.4) is 0 Å². The molecule has 3 atom stereocenters. The van der Waals surface area contributed by atoms with Gasteiger partial charge in [0.25, 0.3) is 5.91 Å². The van der Waals surface area contributed by atoms with Gasteiger partial charge in [0.1, 0.15) is 19.0 Å². The van der Waals surface area contributed by atoms with E-state index in [4.69, 9.17) is 35.3 Å². The highest BCUT2D eigenvalue weighted by molar-refractivity contribution is 8.76. The fourth-order valence-electron chi connectivity index (χ4n) is 9.04. The van der Waals surface area contributed by atoms with E-state index in [9.17, 15) is 38.6 Å². The number of methoxy groups -OCH3 is 1. The predicted molar refractivity (Wildman–Crippen MR) is 301 cm³/mol. The third-order valence-corrected chi connectivity index (χ3v) is 15.0. The van der Waals surface area contributed by atoms with Crippen LogP contribution in [-0.2, 0) is 44.6 Å². The molecule has 1 aliphatic heterocycles. The minimum atomic E-state index is -1.19. The quantitative estimate of drug-likeness (QED) is 0.0136. The van der Waals surface area contributed by atoms with Crippen molar-refractivity contribution in [2.75, 3.05) is 63.5 Å². The molecule has 2 heterocycles. The Kier molecular flexibility index (Phi) is 23.7. The summed E-state index contributed by atoms with van der Waals surface area (Å²) in [5, 5.41) is 31.2. The minimum Gasteiger partial charge on any atom is -0.466 e. The zero-order chi connectivity index (χ0) is 56.1. The number of rotatable bonds is 28. The van der Waals surface area contributed by atoms with E-state index in [1.54, 1.807) is 50.2 Å². The van der Waals surface area contributed by atoms with Gasteiger partial charge in [0.15, 0.2) is 0 Å². The smallest absolute Gasteiger partial charge is 0.407 e. The number of carbonyl (C=O) groups excluding carboxylic acids is 5. The lowest BCUT2D eigenvalue weighted by Crippen LogP contribution is -2.35. The normalized spacial score (nSPS) is 14.1. The molecule has 0 spiro atoms. The molecule has 5 aromatic rings. The third-order valence-electron chi connectivity index (χ3n) is 12.4. The van der Waals surface area contributed by atoms with E-state index in [2.05, 4.69) is 16.0 Å². The van der Waals surface area contributed by atoms with Gasteiger partial charge >= 0.3 is 24.0 Å². The number of amides is 2. The molecule has 1 aromatic heterocycles. The van der Waals surface area contributed by atoms with E-state index in [0.717, 1.165) is 11.3 Å². The Morgan fingerprint density at radius 3 is 2.10 bits per heavy atom. The van der Waals surface area contributed by atoms with Gasteiger partial charge < -0.3 is 54.4 Å². The van der Waals surface area contributed by atoms with Crippen LogP contribution in [0, 0.1) is 5.82 Å². The largest absolute Gasteiger partial charge is 0.466 e. The van der Waals surface area contributed by atoms with E-state index in [1.165, 1.54) is 40.8 Å². The van der Waals surface area contributed by atoms with E-state index in [-0.39, 0.29) is 88.4 Å². The van der Waals surface area contributed by atoms with Gasteiger partial charge in [-0.05, 0) is 91.8 Å². The minimum absolute atomic E-state index is 0.0601. The van der Waals surface area contributed by atoms with Gasteiger partial charge in [-0.2, -0.15) is 0 Å². The number of nitrogens with zero attached hydrogens (tertiary/aromatic N) is 1. The Bertz CT molecular complexity index is 2900. The number of dihydropyridines is 1. The van der Waals surface area contributed by atoms with Crippen molar-refractivity contribution in [3.05, 3.63) is 159 Å². The second-order valence-electron chi connectivity index (χ2n) is 18.2. The van der Waals surface area contributed by atoms with Crippen LogP contribution in [-0.4, -0.2) is 115 Å². The Balaban J connectivity index is 0.921. The van der Waals surface area contributed by atoms with Gasteiger partial charge in [0.2, 0.25) is 0 Å². The maximum absolute atomic E-state index is 14.4. The highest BCUT2D eigenvalue weighted by atomic mass is 35.5. The fraction of sp³-hybridized carbons (Fsp3) is 0.362. The first-order valence-corrected chi connectivity index (χ1v) is 28.4. The number of aliphatic hydroxyl groups is 2. The van der Waals surface area contributed by atoms with Crippen LogP contribution in [0.15, 0.2) is 132 Å². The van der Waals surface area contributed by atoms with Crippen molar-refractivity contribution in [2.45, 2.75) is 77.5 Å². The molecule has 2 amide bonds. The van der Waals surface area contributed by atoms with Gasteiger partial charge in [0.05, 0.1) is 79.6 Å². The second-order valence-corrected chi connectivity index (χ2v) is 21.3. The third kappa shape index (κ3) is 16.7. The first-order chi connectivity index (χ1) is 37.6. The molecule has 0 fully saturated rings. The number of hydrogen-bond donors (Lipinski definition) is 5. The number of benzene rings is 4. The summed E-state index contributed by atoms with van der Waals surface area (Å²) in [6.45, 7) is 7.91. The predicted octanol–water partition coefficient (Wildman–Crippen LogP) is 10.2. The summed E-state index contributed by atoms with van der Waals surface area (Å²) in [6, 6.07) is 31.6. The summed E-state index contributed by atoms with van der Waals surface area (Å²) in [5.74, 6) is -2.82. The van der Waals surface area contributed by atoms with Crippen molar-refractivity contribution >= 4 is 68.8 Å². The number of anilines is 1. The zero-order valence-electron chi connectivity index (χ0n) is 44.2. The van der Waals surface area contributed by atoms with E-state index < -0.39 is 47.9 Å². The molecule has 1 aliphatic rings. The van der Waals surface area contributed by atoms with Crippen LogP contribution in [0.1, 0.15) is 80.4 Å². The molecule has 78 heavy (non-hydrogen) atoms. The molecule has 0 aliphatic carbocycles. The summed E-state index contributed by atoms with van der Waals surface area (Å²) in [4.78, 5) is 65.8. The molecule has 416 valence electrons. The van der Waals surface area contributed by atoms with Crippen LogP contribution >= 0.6 is 33.2 Å². The molecule has 0 saturated heterocycles. The van der Waals surface area contributed by atoms with Gasteiger partial charge in [-0.25, -0.2) is 18.8 Å². The number of hydrogen-bond acceptors (Lipinski definition) is 15. The zero-order valence-corrected chi connectivity index (χ0v) is 46.6. The molecular formula is C58H66ClFN4O12S2. The number of nitrogens with one attached hydrogen (secondary N) is 3. The van der Waals surface area contributed by atoms with Crippen LogP contribution in [0.2, 0.25) is 5.02 Å². The number of ether oxygens (including phenoxy) is 5. The number of aromatic nitrogens is 1. The fourth-order valence-corrected chi connectivity index (χ4v) is 10.9. The number of allylic oxidation sites excluding steroid dienone is 1. The Morgan fingerprint density at radius 1 is 0.795 bits per heavy atom. The Morgan fingerprint density at radius 2 is 1.45 bits per heavy atom. The molecule has 6 rings (SSSR count). The molecular weight excluding hydrogens is 1060 g/mol. The van der Waals surface area contributed by atoms with Crippen molar-refractivity contribution in [1.29, 1.82) is 0 Å². The molecule has 20 heteroatoms. The molecule has 4 aromatic carbocycles. The SMILES string of the molecule is CCOC(=O)C1=C(COCCNC(=O)OCCSSCCOC(=O)C[C@H](O)C[C@H](O)CCn2c(-c3ccc(F)cc3)c(-c3ccccc3)c(C(=O)Nc3ccccc3)c2C(C)C)NC(C)=C(C(=O)OC)C1c1ccccc1Cl. The van der Waals surface area contributed by atoms with Crippen molar-refractivity contribution in [2.24, 2.45) is 0 Å². The van der Waals surface area contributed by atoms with Crippen LogP contribution < -0.4 is 16.0 Å². The number of halogens is 2. The van der Waals surface area contributed by atoms with Crippen LogP contribution in [0.4, 0.5) is 14.9 Å². The van der Waals surface area contributed by atoms with Crippen molar-refractivity contribution in [3.63, 3.8) is 0 Å². The van der Waals surface area contributed by atoms with E-state index in [0.29, 0.717) is 61.6 Å². The lowest BCUT2D eigenvalue weighted by atomic mass is 9.80. The topological polar surface area (TPSA) is 213 Å². The van der Waals surface area contributed by atoms with Gasteiger partial charge in [-0.15, -0.1) is 0 Å². The number of para-hydroxylation sites is 1. The van der Waals surface area contributed by atoms with Crippen molar-refractivity contribution in [1.82, 2.24) is 15.2 Å². The first kappa shape index (κ1) is 60.6. The average molecular weight is 1130 g/mol. The monoisotopic (exact) mass is 1130 g/mol. The molecule has 0 saturated carbocycles. The summed E-state index contributed by atoms with van der Waals surface area (Å²) < 4.78 is 43.2. The number of esters is 3. The molecule has 1 unspecified atom stereocenters. The molecule has 5 N–H and O–H groups in total. The van der Waals surface area contributed by atoms with Gasteiger partial charge in [-0.1, -0.05) is 114 Å². The highest BCUT2D eigenvalue weighted by Crippen LogP contribution is 2.44. The van der Waals surface area contributed by atoms with E-state index >= 15 is 0 Å². The Labute approximate surface area is 466 Å². The first-order valence-electron chi connectivity index (χ1n) is 25.5. The lowest BCUT2D eigenvalue weighted by molar-refractivity contribution is -0.145. The molecule has 0 bridgehead atoms. The van der Waals surface area contributed by atoms with E-state index in [1.807, 2.05) is 79.1 Å². The summed E-state index contributed by atoms with van der Waals surface area (Å²) >= 11 is 6.57. The maximum atomic E-state index is 14.4. The van der Waals surface area contributed by atoms with Gasteiger partial charge in [0, 0.05) is 52.3 Å². The number of carbonyl (C=O) groups is 5. The standard InChI is InChI=1S/C58H66ClFN4O12S2/c1-6-74-57(70)51-46(62-37(4)48(56(69)72-5)50(51)44-19-13-14-20-45(44)59)35-73-28-26-61-58(71)76-30-32-78-77-31-29-75-47(67)34-43(66)33-42(65)25-27-64-53(36(2)3)52(55(68)63-41-17-11-8-12-18-41)49(38-15-9-7-10-16-38)54(64)39-21-23-40(60)24-22-39/h7-24,36,42-43,50,62,65-66H,6,25-35H2,1-5H3,(H,61,71)(H,63,68)/t42-,43-,50?/m1/s1. The van der Waals surface area contributed by atoms with Gasteiger partial charge in [-0.3, -0.25) is 9.59 Å².